The van der Waals surface area contributed by atoms with Crippen LogP contribution in [-0.2, 0) is 15.8 Å². The van der Waals surface area contributed by atoms with Gasteiger partial charge in [0.1, 0.15) is 6.54 Å². The van der Waals surface area contributed by atoms with E-state index in [1.54, 1.807) is 18.2 Å². The number of aryl methyl sites for hydroxylation is 1. The minimum absolute atomic E-state index is 0.0225. The molecule has 2 aromatic carbocycles. The molecule has 1 aliphatic heterocycles. The van der Waals surface area contributed by atoms with E-state index < -0.39 is 23.6 Å². The summed E-state index contributed by atoms with van der Waals surface area (Å²) in [5, 5.41) is 2.34. The maximum atomic E-state index is 12.8. The molecule has 5 nitrogen and oxygen atoms in total. The zero-order valence-corrected chi connectivity index (χ0v) is 14.8. The summed E-state index contributed by atoms with van der Waals surface area (Å²) in [7, 11) is 0. The second-order valence-corrected chi connectivity index (χ2v) is 6.45. The molecule has 0 saturated carbocycles. The summed E-state index contributed by atoms with van der Waals surface area (Å²) in [6, 6.07) is 7.80. The molecule has 0 spiro atoms. The second-order valence-electron chi connectivity index (χ2n) is 6.04. The number of benzene rings is 2. The number of fused-ring (bicyclic) bond motifs is 1. The predicted molar refractivity (Wildman–Crippen MR) is 94.1 cm³/mol. The molecule has 3 rings (SSSR count). The van der Waals surface area contributed by atoms with Crippen LogP contribution in [0.15, 0.2) is 36.4 Å². The maximum absolute atomic E-state index is 12.8. The van der Waals surface area contributed by atoms with Gasteiger partial charge in [-0.15, -0.1) is 0 Å². The van der Waals surface area contributed by atoms with Crippen LogP contribution in [-0.4, -0.2) is 25.0 Å². The van der Waals surface area contributed by atoms with Gasteiger partial charge in [0.15, 0.2) is 5.75 Å². The molecule has 2 aromatic rings. The fourth-order valence-electron chi connectivity index (χ4n) is 2.66. The van der Waals surface area contributed by atoms with Crippen LogP contribution in [0.1, 0.15) is 11.1 Å². The molecule has 1 heterocycles. The van der Waals surface area contributed by atoms with Gasteiger partial charge in [-0.05, 0) is 42.8 Å². The summed E-state index contributed by atoms with van der Waals surface area (Å²) in [6.45, 7) is 1.44. The molecule has 0 aromatic heterocycles. The first-order valence-electron chi connectivity index (χ1n) is 7.86. The fourth-order valence-corrected chi connectivity index (χ4v) is 2.82. The Morgan fingerprint density at radius 2 is 2.00 bits per heavy atom. The van der Waals surface area contributed by atoms with Gasteiger partial charge in [-0.3, -0.25) is 4.79 Å². The van der Waals surface area contributed by atoms with Crippen LogP contribution in [0, 0.1) is 6.92 Å². The molecule has 1 amide bonds. The third kappa shape index (κ3) is 4.33. The van der Waals surface area contributed by atoms with Crippen molar-refractivity contribution < 1.29 is 27.5 Å². The molecular formula is C18H14ClF3N2O3. The number of carbonyl (C=O) groups excluding carboxylic acids is 2. The highest BCUT2D eigenvalue weighted by Gasteiger charge is 2.31. The average molecular weight is 399 g/mol. The monoisotopic (exact) mass is 398 g/mol. The van der Waals surface area contributed by atoms with Crippen LogP contribution in [0.3, 0.4) is 0 Å². The zero-order valence-electron chi connectivity index (χ0n) is 14.1. The van der Waals surface area contributed by atoms with E-state index in [1.165, 1.54) is 4.90 Å². The summed E-state index contributed by atoms with van der Waals surface area (Å²) in [4.78, 5) is 25.6. The molecule has 0 atom stereocenters. The van der Waals surface area contributed by atoms with Gasteiger partial charge in [-0.25, -0.2) is 4.79 Å². The Hall–Kier alpha value is -2.74. The Balaban J connectivity index is 1.79. The molecule has 0 bridgehead atoms. The topological polar surface area (TPSA) is 58.6 Å². The number of rotatable bonds is 3. The Kier molecular flexibility index (Phi) is 5.01. The highest BCUT2D eigenvalue weighted by atomic mass is 35.5. The lowest BCUT2D eigenvalue weighted by atomic mass is 10.1. The van der Waals surface area contributed by atoms with Crippen molar-refractivity contribution in [2.24, 2.45) is 0 Å². The van der Waals surface area contributed by atoms with Gasteiger partial charge in [0.05, 0.1) is 28.5 Å². The summed E-state index contributed by atoms with van der Waals surface area (Å²) < 4.78 is 43.7. The molecule has 0 radical (unpaired) electrons. The zero-order chi connectivity index (χ0) is 19.8. The molecule has 1 aliphatic rings. The molecular weight excluding hydrogens is 385 g/mol. The standard InChI is InChI=1S/C18H14ClF3N2O3/c1-10-2-5-15-14(6-10)24(9-17(26)27-15)8-16(25)23-13-7-11(18(20,21)22)3-4-12(13)19/h2-7H,8-9H2,1H3,(H,23,25). The third-order valence-electron chi connectivity index (χ3n) is 3.90. The highest BCUT2D eigenvalue weighted by molar-refractivity contribution is 6.33. The number of nitrogens with one attached hydrogen (secondary N) is 1. The van der Waals surface area contributed by atoms with E-state index in [0.29, 0.717) is 11.4 Å². The number of amides is 1. The Bertz CT molecular complexity index is 915. The van der Waals surface area contributed by atoms with Crippen molar-refractivity contribution in [1.29, 1.82) is 0 Å². The summed E-state index contributed by atoms with van der Waals surface area (Å²) in [5.41, 5.74) is 0.378. The first kappa shape index (κ1) is 19.0. The first-order valence-corrected chi connectivity index (χ1v) is 8.24. The first-order chi connectivity index (χ1) is 12.6. The van der Waals surface area contributed by atoms with Crippen LogP contribution < -0.4 is 15.0 Å². The van der Waals surface area contributed by atoms with E-state index in [2.05, 4.69) is 5.32 Å². The normalized spacial score (nSPS) is 13.8. The predicted octanol–water partition coefficient (Wildman–Crippen LogP) is 4.03. The highest BCUT2D eigenvalue weighted by Crippen LogP contribution is 2.35. The van der Waals surface area contributed by atoms with Gasteiger partial charge in [0.2, 0.25) is 5.91 Å². The van der Waals surface area contributed by atoms with Gasteiger partial charge in [0.25, 0.3) is 0 Å². The number of carbonyl (C=O) groups is 2. The number of nitrogens with zero attached hydrogens (tertiary/aromatic N) is 1. The Morgan fingerprint density at radius 3 is 2.70 bits per heavy atom. The van der Waals surface area contributed by atoms with E-state index in [-0.39, 0.29) is 23.8 Å². The molecule has 9 heteroatoms. The average Bonchev–Trinajstić information content (AvgIpc) is 2.56. The molecule has 0 fully saturated rings. The molecule has 0 saturated heterocycles. The second kappa shape index (κ2) is 7.11. The van der Waals surface area contributed by atoms with Crippen molar-refractivity contribution in [3.8, 4) is 5.75 Å². The Labute approximate surface area is 157 Å². The largest absolute Gasteiger partial charge is 0.423 e. The minimum Gasteiger partial charge on any atom is -0.423 e. The van der Waals surface area contributed by atoms with E-state index >= 15 is 0 Å². The van der Waals surface area contributed by atoms with Crippen LogP contribution in [0.25, 0.3) is 0 Å². The van der Waals surface area contributed by atoms with Gasteiger partial charge in [-0.1, -0.05) is 17.7 Å². The van der Waals surface area contributed by atoms with Gasteiger partial charge in [-0.2, -0.15) is 13.2 Å². The van der Waals surface area contributed by atoms with E-state index in [0.717, 1.165) is 23.8 Å². The van der Waals surface area contributed by atoms with Crippen LogP contribution >= 0.6 is 11.6 Å². The molecule has 0 aliphatic carbocycles. The van der Waals surface area contributed by atoms with E-state index in [1.807, 2.05) is 6.92 Å². The number of anilines is 2. The maximum Gasteiger partial charge on any atom is 0.416 e. The summed E-state index contributed by atoms with van der Waals surface area (Å²) >= 11 is 5.89. The molecule has 142 valence electrons. The van der Waals surface area contributed by atoms with Crippen LogP contribution in [0.2, 0.25) is 5.02 Å². The van der Waals surface area contributed by atoms with Gasteiger partial charge in [0, 0.05) is 0 Å². The smallest absolute Gasteiger partial charge is 0.416 e. The van der Waals surface area contributed by atoms with Crippen molar-refractivity contribution in [2.45, 2.75) is 13.1 Å². The number of halogens is 4. The van der Waals surface area contributed by atoms with Crippen molar-refractivity contribution in [1.82, 2.24) is 0 Å². The van der Waals surface area contributed by atoms with Crippen LogP contribution in [0.4, 0.5) is 24.5 Å². The number of hydrogen-bond acceptors (Lipinski definition) is 4. The lowest BCUT2D eigenvalue weighted by Crippen LogP contribution is -2.41. The summed E-state index contributed by atoms with van der Waals surface area (Å²) in [5.74, 6) is -0.823. The van der Waals surface area contributed by atoms with Crippen molar-refractivity contribution in [2.75, 3.05) is 23.3 Å². The van der Waals surface area contributed by atoms with Crippen molar-refractivity contribution in [3.05, 3.63) is 52.5 Å². The fraction of sp³-hybridized carbons (Fsp3) is 0.222. The molecule has 27 heavy (non-hydrogen) atoms. The third-order valence-corrected chi connectivity index (χ3v) is 4.23. The van der Waals surface area contributed by atoms with Crippen LogP contribution in [0.5, 0.6) is 5.75 Å². The van der Waals surface area contributed by atoms with Crippen molar-refractivity contribution in [3.63, 3.8) is 0 Å². The van der Waals surface area contributed by atoms with E-state index in [9.17, 15) is 22.8 Å². The number of esters is 1. The van der Waals surface area contributed by atoms with Gasteiger partial charge < -0.3 is 15.0 Å². The summed E-state index contributed by atoms with van der Waals surface area (Å²) in [6.07, 6.45) is -4.56. The van der Waals surface area contributed by atoms with Crippen molar-refractivity contribution >= 4 is 34.9 Å². The SMILES string of the molecule is Cc1ccc2c(c1)N(CC(=O)Nc1cc(C(F)(F)F)ccc1Cl)CC(=O)O2. The molecule has 1 N–H and O–H groups in total. The van der Waals surface area contributed by atoms with Gasteiger partial charge >= 0.3 is 12.1 Å². The number of alkyl halides is 3. The van der Waals surface area contributed by atoms with E-state index in [4.69, 9.17) is 16.3 Å². The lowest BCUT2D eigenvalue weighted by molar-refractivity contribution is -0.137. The lowest BCUT2D eigenvalue weighted by Gasteiger charge is -2.29. The number of ether oxygens (including phenoxy) is 1. The Morgan fingerprint density at radius 1 is 1.26 bits per heavy atom. The molecule has 0 unspecified atom stereocenters. The number of hydrogen-bond donors (Lipinski definition) is 1. The minimum atomic E-state index is -4.56. The quantitative estimate of drug-likeness (QED) is 0.626.